The van der Waals surface area contributed by atoms with Crippen molar-refractivity contribution in [1.29, 1.82) is 0 Å². The van der Waals surface area contributed by atoms with Crippen molar-refractivity contribution in [3.05, 3.63) is 40.0 Å². The summed E-state index contributed by atoms with van der Waals surface area (Å²) in [4.78, 5) is 34.3. The number of rotatable bonds is 4. The number of amides is 1. The molecule has 0 unspecified atom stereocenters. The summed E-state index contributed by atoms with van der Waals surface area (Å²) in [6, 6.07) is 4.09. The van der Waals surface area contributed by atoms with E-state index in [1.165, 1.54) is 10.4 Å². The molecular formula is C24H25N5O3S. The predicted molar refractivity (Wildman–Crippen MR) is 127 cm³/mol. The second-order valence-corrected chi connectivity index (χ2v) is 9.76. The number of nitrogens with zero attached hydrogens (tertiary/aromatic N) is 4. The lowest BCUT2D eigenvalue weighted by atomic mass is 9.87. The van der Waals surface area contributed by atoms with E-state index in [2.05, 4.69) is 26.3 Å². The number of hydrogen-bond donors (Lipinski definition) is 1. The van der Waals surface area contributed by atoms with Gasteiger partial charge in [0.05, 0.1) is 31.3 Å². The zero-order valence-electron chi connectivity index (χ0n) is 18.5. The molecule has 9 heteroatoms. The monoisotopic (exact) mass is 463 g/mol. The van der Waals surface area contributed by atoms with Gasteiger partial charge in [-0.15, -0.1) is 11.3 Å². The minimum atomic E-state index is -0.0378. The Labute approximate surface area is 195 Å². The van der Waals surface area contributed by atoms with Crippen molar-refractivity contribution in [2.75, 3.05) is 25.6 Å². The highest BCUT2D eigenvalue weighted by Gasteiger charge is 2.32. The first kappa shape index (κ1) is 20.6. The number of aryl methyl sites for hydroxylation is 1. The van der Waals surface area contributed by atoms with Crippen molar-refractivity contribution in [2.24, 2.45) is 10.9 Å². The molecule has 3 aliphatic rings. The summed E-state index contributed by atoms with van der Waals surface area (Å²) < 4.78 is 5.63. The van der Waals surface area contributed by atoms with E-state index >= 15 is 0 Å². The molecule has 0 bridgehead atoms. The van der Waals surface area contributed by atoms with Crippen LogP contribution in [0.2, 0.25) is 0 Å². The normalized spacial score (nSPS) is 19.4. The Morgan fingerprint density at radius 3 is 3.09 bits per heavy atom. The fraction of sp³-hybridized carbons (Fsp3) is 0.417. The number of methoxy groups -OCH3 is 1. The zero-order chi connectivity index (χ0) is 22.4. The van der Waals surface area contributed by atoms with Gasteiger partial charge in [-0.1, -0.05) is 0 Å². The first-order valence-corrected chi connectivity index (χ1v) is 12.2. The lowest BCUT2D eigenvalue weighted by molar-refractivity contribution is -0.201. The number of aliphatic imine (C=N–C) groups is 1. The van der Waals surface area contributed by atoms with E-state index in [1.807, 2.05) is 12.3 Å². The summed E-state index contributed by atoms with van der Waals surface area (Å²) in [6.07, 6.45) is 7.89. The zero-order valence-corrected chi connectivity index (χ0v) is 19.3. The van der Waals surface area contributed by atoms with Gasteiger partial charge in [0.2, 0.25) is 5.91 Å². The highest BCUT2D eigenvalue weighted by atomic mass is 32.1. The third-order valence-electron chi connectivity index (χ3n) is 6.65. The summed E-state index contributed by atoms with van der Waals surface area (Å²) in [5.74, 6) is 1.62. The second kappa shape index (κ2) is 8.39. The molecule has 0 spiro atoms. The first-order chi connectivity index (χ1) is 16.2. The van der Waals surface area contributed by atoms with E-state index in [0.29, 0.717) is 19.7 Å². The molecule has 1 amide bonds. The molecule has 0 saturated carbocycles. The maximum atomic E-state index is 13.0. The quantitative estimate of drug-likeness (QED) is 0.628. The van der Waals surface area contributed by atoms with Crippen molar-refractivity contribution in [2.45, 2.75) is 38.6 Å². The van der Waals surface area contributed by atoms with Crippen LogP contribution in [0.25, 0.3) is 10.2 Å². The molecule has 33 heavy (non-hydrogen) atoms. The predicted octanol–water partition coefficient (Wildman–Crippen LogP) is 4.03. The maximum Gasteiger partial charge on any atom is 0.249 e. The molecule has 1 saturated heterocycles. The fourth-order valence-electron chi connectivity index (χ4n) is 4.92. The number of anilines is 2. The van der Waals surface area contributed by atoms with Crippen LogP contribution in [0.5, 0.6) is 5.75 Å². The summed E-state index contributed by atoms with van der Waals surface area (Å²) in [6.45, 7) is 2.01. The molecule has 1 aromatic carbocycles. The third kappa shape index (κ3) is 3.65. The summed E-state index contributed by atoms with van der Waals surface area (Å²) in [5.41, 5.74) is 4.36. The number of thiophene rings is 1. The molecule has 2 aromatic heterocycles. The van der Waals surface area contributed by atoms with Crippen molar-refractivity contribution < 1.29 is 14.4 Å². The standard InChI is InChI=1S/C24H25N5O3S/c1-31-19-9-16-12-25-11-15(16)8-18(19)28-22-21-17-5-4-14(24(30)29-6-2-3-7-32-29)10-20(17)33-23(21)27-13-26-22/h8-9,11,13-14H,2-7,10,12H2,1H3,(H,26,27,28)/t14-/m0/s1. The van der Waals surface area contributed by atoms with E-state index < -0.39 is 0 Å². The molecule has 1 N–H and O–H groups in total. The van der Waals surface area contributed by atoms with E-state index in [9.17, 15) is 4.79 Å². The van der Waals surface area contributed by atoms with E-state index in [4.69, 9.17) is 9.57 Å². The van der Waals surface area contributed by atoms with Gasteiger partial charge in [0.25, 0.3) is 0 Å². The smallest absolute Gasteiger partial charge is 0.249 e. The van der Waals surface area contributed by atoms with Crippen molar-refractivity contribution >= 4 is 45.2 Å². The number of fused-ring (bicyclic) bond motifs is 4. The third-order valence-corrected chi connectivity index (χ3v) is 7.81. The van der Waals surface area contributed by atoms with Crippen LogP contribution in [-0.2, 0) is 29.0 Å². The largest absolute Gasteiger partial charge is 0.495 e. The van der Waals surface area contributed by atoms with Crippen LogP contribution < -0.4 is 10.1 Å². The SMILES string of the molecule is COc1cc2c(cc1Nc1ncnc3sc4c(c13)CC[C@H](C(=O)N1CCCCO1)C4)C=NC2. The first-order valence-electron chi connectivity index (χ1n) is 11.4. The van der Waals surface area contributed by atoms with Gasteiger partial charge < -0.3 is 10.1 Å². The molecule has 1 aliphatic carbocycles. The Kier molecular flexibility index (Phi) is 5.22. The Morgan fingerprint density at radius 1 is 1.30 bits per heavy atom. The Balaban J connectivity index is 1.31. The number of carbonyl (C=O) groups is 1. The molecular weight excluding hydrogens is 438 g/mol. The van der Waals surface area contributed by atoms with Crippen LogP contribution in [-0.4, -0.2) is 47.4 Å². The number of benzene rings is 1. The number of hydroxylamine groups is 2. The van der Waals surface area contributed by atoms with Gasteiger partial charge in [0.15, 0.2) is 0 Å². The lowest BCUT2D eigenvalue weighted by Gasteiger charge is -2.31. The van der Waals surface area contributed by atoms with E-state index in [-0.39, 0.29) is 11.8 Å². The Bertz CT molecular complexity index is 1260. The van der Waals surface area contributed by atoms with Crippen molar-refractivity contribution in [3.8, 4) is 5.75 Å². The maximum absolute atomic E-state index is 13.0. The van der Waals surface area contributed by atoms with Gasteiger partial charge >= 0.3 is 0 Å². The van der Waals surface area contributed by atoms with Gasteiger partial charge in [0.1, 0.15) is 22.7 Å². The van der Waals surface area contributed by atoms with Crippen LogP contribution in [0.4, 0.5) is 11.5 Å². The molecule has 4 heterocycles. The molecule has 170 valence electrons. The Morgan fingerprint density at radius 2 is 2.24 bits per heavy atom. The van der Waals surface area contributed by atoms with Crippen LogP contribution >= 0.6 is 11.3 Å². The number of nitrogens with one attached hydrogen (secondary N) is 1. The molecule has 8 nitrogen and oxygen atoms in total. The number of carbonyl (C=O) groups excluding carboxylic acids is 1. The molecule has 3 aromatic rings. The second-order valence-electron chi connectivity index (χ2n) is 8.67. The van der Waals surface area contributed by atoms with Crippen molar-refractivity contribution in [3.63, 3.8) is 0 Å². The van der Waals surface area contributed by atoms with Gasteiger partial charge in [-0.25, -0.2) is 15.0 Å². The average Bonchev–Trinajstić information content (AvgIpc) is 3.47. The Hall–Kier alpha value is -3.04. The van der Waals surface area contributed by atoms with Crippen LogP contribution in [0.3, 0.4) is 0 Å². The topological polar surface area (TPSA) is 88.9 Å². The van der Waals surface area contributed by atoms with Crippen LogP contribution in [0.15, 0.2) is 23.5 Å². The molecule has 1 atom stereocenters. The van der Waals surface area contributed by atoms with Gasteiger partial charge in [-0.2, -0.15) is 0 Å². The number of hydrogen-bond acceptors (Lipinski definition) is 8. The lowest BCUT2D eigenvalue weighted by Crippen LogP contribution is -2.41. The molecule has 2 aliphatic heterocycles. The highest BCUT2D eigenvalue weighted by molar-refractivity contribution is 7.19. The minimum Gasteiger partial charge on any atom is -0.495 e. The molecule has 6 rings (SSSR count). The summed E-state index contributed by atoms with van der Waals surface area (Å²) >= 11 is 1.67. The van der Waals surface area contributed by atoms with E-state index in [1.54, 1.807) is 29.8 Å². The van der Waals surface area contributed by atoms with Crippen LogP contribution in [0, 0.1) is 5.92 Å². The fourth-order valence-corrected chi connectivity index (χ4v) is 6.19. The van der Waals surface area contributed by atoms with Crippen molar-refractivity contribution in [1.82, 2.24) is 15.0 Å². The molecule has 1 fully saturated rings. The van der Waals surface area contributed by atoms with Gasteiger partial charge in [0, 0.05) is 23.6 Å². The minimum absolute atomic E-state index is 0.0378. The summed E-state index contributed by atoms with van der Waals surface area (Å²) in [5, 5.41) is 6.13. The highest BCUT2D eigenvalue weighted by Crippen LogP contribution is 2.42. The number of aromatic nitrogens is 2. The number of ether oxygens (including phenoxy) is 1. The summed E-state index contributed by atoms with van der Waals surface area (Å²) in [7, 11) is 1.67. The van der Waals surface area contributed by atoms with E-state index in [0.717, 1.165) is 70.7 Å². The molecule has 0 radical (unpaired) electrons. The van der Waals surface area contributed by atoms with Crippen LogP contribution in [0.1, 0.15) is 40.8 Å². The van der Waals surface area contributed by atoms with Gasteiger partial charge in [-0.3, -0.25) is 14.6 Å². The van der Waals surface area contributed by atoms with Gasteiger partial charge in [-0.05, 0) is 60.9 Å². The average molecular weight is 464 g/mol.